The monoisotopic (exact) mass is 380 g/mol. The summed E-state index contributed by atoms with van der Waals surface area (Å²) in [7, 11) is 0. The maximum Gasteiger partial charge on any atom is 0.414 e. The number of ether oxygens (including phenoxy) is 2. The van der Waals surface area contributed by atoms with Gasteiger partial charge < -0.3 is 14.4 Å². The van der Waals surface area contributed by atoms with E-state index in [0.717, 1.165) is 5.56 Å². The van der Waals surface area contributed by atoms with E-state index in [0.29, 0.717) is 37.6 Å². The Morgan fingerprint density at radius 1 is 1.11 bits per heavy atom. The lowest BCUT2D eigenvalue weighted by molar-refractivity contribution is -0.0846. The van der Waals surface area contributed by atoms with Crippen LogP contribution in [0.2, 0.25) is 0 Å². The van der Waals surface area contributed by atoms with Gasteiger partial charge in [-0.3, -0.25) is 9.69 Å². The van der Waals surface area contributed by atoms with Crippen molar-refractivity contribution in [2.75, 3.05) is 31.2 Å². The third kappa shape index (κ3) is 3.47. The van der Waals surface area contributed by atoms with Crippen LogP contribution in [-0.2, 0) is 9.47 Å². The zero-order chi connectivity index (χ0) is 19.7. The highest BCUT2D eigenvalue weighted by molar-refractivity contribution is 5.97. The number of hydrogen-bond acceptors (Lipinski definition) is 4. The van der Waals surface area contributed by atoms with E-state index in [1.807, 2.05) is 55.1 Å². The van der Waals surface area contributed by atoms with Crippen LogP contribution < -0.4 is 4.90 Å². The van der Waals surface area contributed by atoms with Crippen LogP contribution in [0.1, 0.15) is 35.9 Å². The summed E-state index contributed by atoms with van der Waals surface area (Å²) in [4.78, 5) is 28.6. The van der Waals surface area contributed by atoms with Gasteiger partial charge in [-0.05, 0) is 37.6 Å². The highest BCUT2D eigenvalue weighted by atomic mass is 16.6. The minimum absolute atomic E-state index is 0.0661. The van der Waals surface area contributed by atoms with Crippen molar-refractivity contribution in [2.24, 2.45) is 0 Å². The molecule has 2 fully saturated rings. The summed E-state index contributed by atoms with van der Waals surface area (Å²) in [6, 6.07) is 17.1. The van der Waals surface area contributed by atoms with Crippen LogP contribution in [0.25, 0.3) is 0 Å². The molecule has 146 valence electrons. The first-order chi connectivity index (χ1) is 13.5. The minimum atomic E-state index is -0.426. The fourth-order valence-electron chi connectivity index (χ4n) is 3.67. The average molecular weight is 380 g/mol. The van der Waals surface area contributed by atoms with E-state index < -0.39 is 5.54 Å². The first kappa shape index (κ1) is 18.5. The largest absolute Gasteiger partial charge is 0.447 e. The molecule has 0 saturated carbocycles. The van der Waals surface area contributed by atoms with E-state index >= 15 is 0 Å². The molecular formula is C22H24N2O4. The van der Waals surface area contributed by atoms with Gasteiger partial charge in [0.25, 0.3) is 5.91 Å². The summed E-state index contributed by atoms with van der Waals surface area (Å²) in [6.07, 6.45) is -0.532. The summed E-state index contributed by atoms with van der Waals surface area (Å²) in [5, 5.41) is 0. The van der Waals surface area contributed by atoms with Gasteiger partial charge in [0.15, 0.2) is 0 Å². The Balaban J connectivity index is 1.59. The summed E-state index contributed by atoms with van der Waals surface area (Å²) in [6.45, 7) is 5.81. The highest BCUT2D eigenvalue weighted by Gasteiger charge is 2.39. The fraction of sp³-hybridized carbons (Fsp3) is 0.364. The summed E-state index contributed by atoms with van der Waals surface area (Å²) < 4.78 is 11.1. The van der Waals surface area contributed by atoms with Crippen molar-refractivity contribution < 1.29 is 19.1 Å². The zero-order valence-corrected chi connectivity index (χ0v) is 16.1. The fourth-order valence-corrected chi connectivity index (χ4v) is 3.67. The SMILES string of the molecule is CC1(C)CO[C@H](c2ccccc2)CN1C(=O)c1cccc(N2CCOC2=O)c1. The van der Waals surface area contributed by atoms with E-state index in [-0.39, 0.29) is 18.1 Å². The molecule has 2 aliphatic rings. The molecule has 0 aromatic heterocycles. The average Bonchev–Trinajstić information content (AvgIpc) is 3.14. The molecule has 6 nitrogen and oxygen atoms in total. The molecular weight excluding hydrogens is 356 g/mol. The van der Waals surface area contributed by atoms with E-state index in [1.54, 1.807) is 23.1 Å². The van der Waals surface area contributed by atoms with Crippen molar-refractivity contribution in [2.45, 2.75) is 25.5 Å². The molecule has 0 radical (unpaired) electrons. The number of nitrogens with zero attached hydrogens (tertiary/aromatic N) is 2. The maximum absolute atomic E-state index is 13.4. The van der Waals surface area contributed by atoms with Gasteiger partial charge in [-0.2, -0.15) is 0 Å². The molecule has 0 bridgehead atoms. The number of morpholine rings is 1. The van der Waals surface area contributed by atoms with Crippen LogP contribution in [0.4, 0.5) is 10.5 Å². The van der Waals surface area contributed by atoms with E-state index in [1.165, 1.54) is 0 Å². The van der Waals surface area contributed by atoms with Gasteiger partial charge in [0.05, 0.1) is 25.2 Å². The predicted octanol–water partition coefficient (Wildman–Crippen LogP) is 3.64. The van der Waals surface area contributed by atoms with Gasteiger partial charge in [-0.25, -0.2) is 4.79 Å². The van der Waals surface area contributed by atoms with E-state index in [4.69, 9.17) is 9.47 Å². The number of cyclic esters (lactones) is 1. The third-order valence-electron chi connectivity index (χ3n) is 5.30. The molecule has 2 saturated heterocycles. The molecule has 6 heteroatoms. The van der Waals surface area contributed by atoms with Crippen molar-refractivity contribution in [1.29, 1.82) is 0 Å². The number of carbonyl (C=O) groups is 2. The molecule has 2 aromatic carbocycles. The summed E-state index contributed by atoms with van der Waals surface area (Å²) >= 11 is 0. The first-order valence-corrected chi connectivity index (χ1v) is 9.48. The van der Waals surface area contributed by atoms with Crippen molar-refractivity contribution in [3.63, 3.8) is 0 Å². The van der Waals surface area contributed by atoms with Gasteiger partial charge in [0.1, 0.15) is 12.7 Å². The first-order valence-electron chi connectivity index (χ1n) is 9.48. The zero-order valence-electron chi connectivity index (χ0n) is 16.1. The van der Waals surface area contributed by atoms with Crippen molar-refractivity contribution in [3.05, 3.63) is 65.7 Å². The Hall–Kier alpha value is -2.86. The lowest BCUT2D eigenvalue weighted by atomic mass is 9.96. The number of amides is 2. The maximum atomic E-state index is 13.4. The predicted molar refractivity (Wildman–Crippen MR) is 105 cm³/mol. The molecule has 2 aromatic rings. The van der Waals surface area contributed by atoms with E-state index in [9.17, 15) is 9.59 Å². The van der Waals surface area contributed by atoms with Gasteiger partial charge >= 0.3 is 6.09 Å². The van der Waals surface area contributed by atoms with Crippen LogP contribution in [0.3, 0.4) is 0 Å². The van der Waals surface area contributed by atoms with Crippen LogP contribution >= 0.6 is 0 Å². The molecule has 0 unspecified atom stereocenters. The van der Waals surface area contributed by atoms with Gasteiger partial charge in [0, 0.05) is 11.3 Å². The molecule has 2 heterocycles. The number of hydrogen-bond donors (Lipinski definition) is 0. The topological polar surface area (TPSA) is 59.1 Å². The Labute approximate surface area is 164 Å². The molecule has 1 atom stereocenters. The summed E-state index contributed by atoms with van der Waals surface area (Å²) in [5.41, 5.74) is 1.87. The van der Waals surface area contributed by atoms with Gasteiger partial charge in [-0.15, -0.1) is 0 Å². The molecule has 4 rings (SSSR count). The second kappa shape index (κ2) is 7.28. The Bertz CT molecular complexity index is 881. The van der Waals surface area contributed by atoms with Crippen LogP contribution in [0.15, 0.2) is 54.6 Å². The van der Waals surface area contributed by atoms with Crippen molar-refractivity contribution in [3.8, 4) is 0 Å². The standard InChI is InChI=1S/C22H24N2O4/c1-22(2)15-28-19(16-7-4-3-5-8-16)14-24(22)20(25)17-9-6-10-18(13-17)23-11-12-27-21(23)26/h3-10,13,19H,11-12,14-15H2,1-2H3/t19-/m0/s1. The van der Waals surface area contributed by atoms with Crippen molar-refractivity contribution >= 4 is 17.7 Å². The molecule has 0 spiro atoms. The molecule has 2 aliphatic heterocycles. The normalized spacial score (nSPS) is 21.5. The van der Waals surface area contributed by atoms with Crippen LogP contribution in [0, 0.1) is 0 Å². The summed E-state index contributed by atoms with van der Waals surface area (Å²) in [5.74, 6) is -0.0661. The Morgan fingerprint density at radius 3 is 2.61 bits per heavy atom. The second-order valence-corrected chi connectivity index (χ2v) is 7.75. The molecule has 0 aliphatic carbocycles. The Morgan fingerprint density at radius 2 is 1.89 bits per heavy atom. The number of rotatable bonds is 3. The quantitative estimate of drug-likeness (QED) is 0.816. The van der Waals surface area contributed by atoms with Gasteiger partial charge in [-0.1, -0.05) is 36.4 Å². The van der Waals surface area contributed by atoms with Crippen LogP contribution in [-0.4, -0.2) is 48.7 Å². The third-order valence-corrected chi connectivity index (χ3v) is 5.30. The lowest BCUT2D eigenvalue weighted by Gasteiger charge is -2.45. The molecule has 28 heavy (non-hydrogen) atoms. The van der Waals surface area contributed by atoms with E-state index in [2.05, 4.69) is 0 Å². The number of carbonyl (C=O) groups excluding carboxylic acids is 2. The van der Waals surface area contributed by atoms with Crippen molar-refractivity contribution in [1.82, 2.24) is 4.90 Å². The van der Waals surface area contributed by atoms with Gasteiger partial charge in [0.2, 0.25) is 0 Å². The number of benzene rings is 2. The Kier molecular flexibility index (Phi) is 4.81. The van der Waals surface area contributed by atoms with Crippen LogP contribution in [0.5, 0.6) is 0 Å². The lowest BCUT2D eigenvalue weighted by Crippen LogP contribution is -2.56. The minimum Gasteiger partial charge on any atom is -0.447 e. The smallest absolute Gasteiger partial charge is 0.414 e. The second-order valence-electron chi connectivity index (χ2n) is 7.75. The number of anilines is 1. The molecule has 2 amide bonds. The molecule has 0 N–H and O–H groups in total. The highest BCUT2D eigenvalue weighted by Crippen LogP contribution is 2.32.